The molecule has 24 heavy (non-hydrogen) atoms. The van der Waals surface area contributed by atoms with Crippen LogP contribution in [-0.4, -0.2) is 71.9 Å². The number of guanidine groups is 1. The minimum Gasteiger partial charge on any atom is -0.381 e. The standard InChI is InChI=1S/C16H33N3O4S/c1-16(2,24(4,20)21)13-19-15(17-3)18-8-5-9-23-12-14-6-10-22-11-7-14/h14H,5-13H2,1-4H3,(H2,17,18,19). The maximum atomic E-state index is 11.7. The van der Waals surface area contributed by atoms with Gasteiger partial charge in [0.05, 0.1) is 4.75 Å². The molecule has 1 saturated heterocycles. The van der Waals surface area contributed by atoms with Crippen LogP contribution in [0.5, 0.6) is 0 Å². The van der Waals surface area contributed by atoms with Crippen LogP contribution in [0.2, 0.25) is 0 Å². The molecule has 0 aromatic rings. The number of nitrogens with one attached hydrogen (secondary N) is 2. The van der Waals surface area contributed by atoms with Gasteiger partial charge in [-0.1, -0.05) is 0 Å². The monoisotopic (exact) mass is 363 g/mol. The van der Waals surface area contributed by atoms with Gasteiger partial charge in [0.15, 0.2) is 15.8 Å². The van der Waals surface area contributed by atoms with E-state index < -0.39 is 14.6 Å². The second-order valence-electron chi connectivity index (χ2n) is 6.87. The topological polar surface area (TPSA) is 89.0 Å². The summed E-state index contributed by atoms with van der Waals surface area (Å²) in [7, 11) is -1.45. The lowest BCUT2D eigenvalue weighted by Gasteiger charge is -2.24. The van der Waals surface area contributed by atoms with E-state index >= 15 is 0 Å². The highest BCUT2D eigenvalue weighted by atomic mass is 32.2. The third-order valence-corrected chi connectivity index (χ3v) is 6.51. The van der Waals surface area contributed by atoms with E-state index in [0.29, 0.717) is 25.0 Å². The van der Waals surface area contributed by atoms with E-state index in [9.17, 15) is 8.42 Å². The molecule has 0 aromatic carbocycles. The summed E-state index contributed by atoms with van der Waals surface area (Å²) in [5.74, 6) is 1.23. The molecule has 0 radical (unpaired) electrons. The van der Waals surface area contributed by atoms with Gasteiger partial charge in [-0.2, -0.15) is 0 Å². The van der Waals surface area contributed by atoms with Crippen molar-refractivity contribution in [2.24, 2.45) is 10.9 Å². The second kappa shape index (κ2) is 10.2. The van der Waals surface area contributed by atoms with E-state index in [1.54, 1.807) is 20.9 Å². The van der Waals surface area contributed by atoms with Crippen LogP contribution < -0.4 is 10.6 Å². The largest absolute Gasteiger partial charge is 0.381 e. The van der Waals surface area contributed by atoms with Crippen LogP contribution >= 0.6 is 0 Å². The Balaban J connectivity index is 2.13. The molecule has 0 unspecified atom stereocenters. The fourth-order valence-electron chi connectivity index (χ4n) is 2.19. The molecule has 1 aliphatic rings. The van der Waals surface area contributed by atoms with Crippen LogP contribution in [0.4, 0.5) is 0 Å². The lowest BCUT2D eigenvalue weighted by Crippen LogP contribution is -2.47. The van der Waals surface area contributed by atoms with Gasteiger partial charge >= 0.3 is 0 Å². The van der Waals surface area contributed by atoms with Crippen LogP contribution in [0.3, 0.4) is 0 Å². The molecule has 0 spiro atoms. The summed E-state index contributed by atoms with van der Waals surface area (Å²) in [4.78, 5) is 4.11. The maximum absolute atomic E-state index is 11.7. The normalized spacial score (nSPS) is 17.8. The van der Waals surface area contributed by atoms with Crippen molar-refractivity contribution in [3.63, 3.8) is 0 Å². The Hall–Kier alpha value is -0.860. The predicted molar refractivity (Wildman–Crippen MR) is 97.3 cm³/mol. The van der Waals surface area contributed by atoms with Crippen LogP contribution in [0.1, 0.15) is 33.1 Å². The number of nitrogens with zero attached hydrogens (tertiary/aromatic N) is 1. The first-order valence-corrected chi connectivity index (χ1v) is 10.4. The highest BCUT2D eigenvalue weighted by Crippen LogP contribution is 2.14. The van der Waals surface area contributed by atoms with Crippen molar-refractivity contribution in [3.05, 3.63) is 0 Å². The molecular weight excluding hydrogens is 330 g/mol. The van der Waals surface area contributed by atoms with E-state index in [-0.39, 0.29) is 0 Å². The van der Waals surface area contributed by atoms with Crippen LogP contribution in [0.25, 0.3) is 0 Å². The first-order valence-electron chi connectivity index (χ1n) is 8.56. The summed E-state index contributed by atoms with van der Waals surface area (Å²) in [6.07, 6.45) is 4.30. The molecule has 0 saturated carbocycles. The Bertz CT molecular complexity index is 486. The summed E-state index contributed by atoms with van der Waals surface area (Å²) >= 11 is 0. The van der Waals surface area contributed by atoms with Gasteiger partial charge in [0.25, 0.3) is 0 Å². The highest BCUT2D eigenvalue weighted by molar-refractivity contribution is 7.92. The van der Waals surface area contributed by atoms with E-state index in [1.165, 1.54) is 6.26 Å². The average Bonchev–Trinajstić information content (AvgIpc) is 2.53. The second-order valence-corrected chi connectivity index (χ2v) is 9.52. The number of aliphatic imine (C=N–C) groups is 1. The number of hydrogen-bond acceptors (Lipinski definition) is 5. The zero-order chi connectivity index (χ0) is 18.1. The van der Waals surface area contributed by atoms with Crippen molar-refractivity contribution in [2.75, 3.05) is 52.8 Å². The maximum Gasteiger partial charge on any atom is 0.191 e. The minimum absolute atomic E-state index is 0.311. The first kappa shape index (κ1) is 21.2. The van der Waals surface area contributed by atoms with Crippen molar-refractivity contribution in [1.82, 2.24) is 10.6 Å². The molecule has 1 fully saturated rings. The highest BCUT2D eigenvalue weighted by Gasteiger charge is 2.30. The Kier molecular flexibility index (Phi) is 9.01. The number of ether oxygens (including phenoxy) is 2. The molecule has 1 aliphatic heterocycles. The number of rotatable bonds is 9. The zero-order valence-corrected chi connectivity index (χ0v) is 16.2. The molecule has 0 aromatic heterocycles. The summed E-state index contributed by atoms with van der Waals surface area (Å²) in [6.45, 7) is 7.65. The summed E-state index contributed by atoms with van der Waals surface area (Å²) in [5.41, 5.74) is 0. The van der Waals surface area contributed by atoms with Gasteiger partial charge in [0, 0.05) is 52.8 Å². The quantitative estimate of drug-likeness (QED) is 0.358. The number of sulfone groups is 1. The third kappa shape index (κ3) is 7.81. The lowest BCUT2D eigenvalue weighted by molar-refractivity contribution is 0.0203. The molecule has 2 N–H and O–H groups in total. The van der Waals surface area contributed by atoms with E-state index in [0.717, 1.165) is 45.6 Å². The zero-order valence-electron chi connectivity index (χ0n) is 15.4. The molecule has 7 nitrogen and oxygen atoms in total. The average molecular weight is 364 g/mol. The van der Waals surface area contributed by atoms with E-state index in [1.807, 2.05) is 0 Å². The van der Waals surface area contributed by atoms with E-state index in [4.69, 9.17) is 9.47 Å². The van der Waals surface area contributed by atoms with Gasteiger partial charge < -0.3 is 20.1 Å². The summed E-state index contributed by atoms with van der Waals surface area (Å²) in [5, 5.41) is 6.24. The Labute approximate surface area is 146 Å². The SMILES string of the molecule is CN=C(NCCCOCC1CCOCC1)NCC(C)(C)S(C)(=O)=O. The molecule has 0 atom stereocenters. The van der Waals surface area contributed by atoms with Crippen molar-refractivity contribution < 1.29 is 17.9 Å². The Morgan fingerprint density at radius 1 is 1.29 bits per heavy atom. The molecule has 1 rings (SSSR count). The molecular formula is C16H33N3O4S. The van der Waals surface area contributed by atoms with Crippen molar-refractivity contribution in [2.45, 2.75) is 37.9 Å². The first-order chi connectivity index (χ1) is 11.3. The van der Waals surface area contributed by atoms with E-state index in [2.05, 4.69) is 15.6 Å². The molecule has 1 heterocycles. The Morgan fingerprint density at radius 2 is 1.96 bits per heavy atom. The molecule has 0 aliphatic carbocycles. The van der Waals surface area contributed by atoms with Gasteiger partial charge in [-0.15, -0.1) is 0 Å². The smallest absolute Gasteiger partial charge is 0.191 e. The molecule has 0 amide bonds. The molecule has 0 bridgehead atoms. The van der Waals surface area contributed by atoms with Crippen molar-refractivity contribution >= 4 is 15.8 Å². The lowest BCUT2D eigenvalue weighted by atomic mass is 10.0. The van der Waals surface area contributed by atoms with Crippen molar-refractivity contribution in [3.8, 4) is 0 Å². The fourth-order valence-corrected chi connectivity index (χ4v) is 2.53. The van der Waals surface area contributed by atoms with Crippen LogP contribution in [0, 0.1) is 5.92 Å². The van der Waals surface area contributed by atoms with Gasteiger partial charge in [0.1, 0.15) is 0 Å². The Morgan fingerprint density at radius 3 is 2.54 bits per heavy atom. The molecule has 142 valence electrons. The van der Waals surface area contributed by atoms with Gasteiger partial charge in [-0.05, 0) is 39.0 Å². The van der Waals surface area contributed by atoms with Crippen molar-refractivity contribution in [1.29, 1.82) is 0 Å². The minimum atomic E-state index is -3.12. The fraction of sp³-hybridized carbons (Fsp3) is 0.938. The summed E-state index contributed by atoms with van der Waals surface area (Å²) in [6, 6.07) is 0. The third-order valence-electron chi connectivity index (χ3n) is 4.36. The summed E-state index contributed by atoms with van der Waals surface area (Å²) < 4.78 is 33.6. The van der Waals surface area contributed by atoms with Crippen LogP contribution in [-0.2, 0) is 19.3 Å². The van der Waals surface area contributed by atoms with Crippen LogP contribution in [0.15, 0.2) is 4.99 Å². The molecule has 8 heteroatoms. The predicted octanol–water partition coefficient (Wildman–Crippen LogP) is 0.808. The van der Waals surface area contributed by atoms with Gasteiger partial charge in [-0.3, -0.25) is 4.99 Å². The van der Waals surface area contributed by atoms with Gasteiger partial charge in [-0.25, -0.2) is 8.42 Å². The number of hydrogen-bond donors (Lipinski definition) is 2. The van der Waals surface area contributed by atoms with Gasteiger partial charge in [0.2, 0.25) is 0 Å².